The van der Waals surface area contributed by atoms with Crippen molar-refractivity contribution in [3.05, 3.63) is 67.0 Å². The number of hydrogen-bond donors (Lipinski definition) is 0. The number of imidazole rings is 1. The number of furan rings is 2. The summed E-state index contributed by atoms with van der Waals surface area (Å²) in [4.78, 5) is 0. The molecule has 4 nitrogen and oxygen atoms in total. The van der Waals surface area contributed by atoms with E-state index in [4.69, 9.17) is 8.83 Å². The Hall–Kier alpha value is -1.53. The third kappa shape index (κ3) is 5.55. The third-order valence-electron chi connectivity index (χ3n) is 3.38. The second kappa shape index (κ2) is 8.93. The van der Waals surface area contributed by atoms with E-state index in [1.165, 1.54) is 0 Å². The van der Waals surface area contributed by atoms with Crippen molar-refractivity contribution < 1.29 is 13.4 Å². The van der Waals surface area contributed by atoms with Crippen LogP contribution in [-0.2, 0) is 24.6 Å². The first-order valence-electron chi connectivity index (χ1n) is 7.65. The Labute approximate surface area is 144 Å². The van der Waals surface area contributed by atoms with Crippen molar-refractivity contribution in [3.63, 3.8) is 0 Å². The first kappa shape index (κ1) is 16.3. The number of nitrogens with zero attached hydrogens (tertiary/aromatic N) is 2. The molecule has 0 saturated carbocycles. The largest absolute Gasteiger partial charge is 0.468 e. The summed E-state index contributed by atoms with van der Waals surface area (Å²) in [6.07, 6.45) is 9.93. The van der Waals surface area contributed by atoms with Crippen molar-refractivity contribution in [3.8, 4) is 0 Å². The lowest BCUT2D eigenvalue weighted by molar-refractivity contribution is -0.691. The Morgan fingerprint density at radius 1 is 0.957 bits per heavy atom. The third-order valence-corrected chi connectivity index (χ3v) is 5.30. The van der Waals surface area contributed by atoms with Gasteiger partial charge in [-0.15, -0.1) is 23.5 Å². The average Bonchev–Trinajstić information content (AvgIpc) is 3.31. The van der Waals surface area contributed by atoms with E-state index >= 15 is 0 Å². The molecule has 0 radical (unpaired) electrons. The average molecular weight is 350 g/mol. The molecule has 122 valence electrons. The number of hydrogen-bond acceptors (Lipinski definition) is 4. The summed E-state index contributed by atoms with van der Waals surface area (Å²) < 4.78 is 15.1. The lowest BCUT2D eigenvalue weighted by atomic mass is 10.5. The predicted molar refractivity (Wildman–Crippen MR) is 94.4 cm³/mol. The molecule has 23 heavy (non-hydrogen) atoms. The van der Waals surface area contributed by atoms with Crippen molar-refractivity contribution >= 4 is 23.5 Å². The van der Waals surface area contributed by atoms with Gasteiger partial charge in [-0.2, -0.15) is 0 Å². The van der Waals surface area contributed by atoms with E-state index in [-0.39, 0.29) is 0 Å². The smallest absolute Gasteiger partial charge is 0.243 e. The van der Waals surface area contributed by atoms with Crippen molar-refractivity contribution in [2.24, 2.45) is 0 Å². The van der Waals surface area contributed by atoms with Crippen molar-refractivity contribution in [1.82, 2.24) is 4.57 Å². The number of aryl methyl sites for hydroxylation is 2. The van der Waals surface area contributed by atoms with E-state index in [0.717, 1.165) is 47.6 Å². The topological polar surface area (TPSA) is 35.1 Å². The summed E-state index contributed by atoms with van der Waals surface area (Å²) in [7, 11) is 0. The van der Waals surface area contributed by atoms with Crippen LogP contribution in [0, 0.1) is 0 Å². The molecule has 0 bridgehead atoms. The molecule has 0 aliphatic rings. The second-order valence-corrected chi connectivity index (χ2v) is 7.36. The highest BCUT2D eigenvalue weighted by molar-refractivity contribution is 7.98. The summed E-state index contributed by atoms with van der Waals surface area (Å²) in [6.45, 7) is 2.05. The van der Waals surface area contributed by atoms with Gasteiger partial charge in [0.25, 0.3) is 0 Å². The van der Waals surface area contributed by atoms with Gasteiger partial charge in [0.05, 0.1) is 37.1 Å². The minimum absolute atomic E-state index is 0.942. The molecule has 0 unspecified atom stereocenters. The van der Waals surface area contributed by atoms with Crippen LogP contribution >= 0.6 is 23.5 Å². The summed E-state index contributed by atoms with van der Waals surface area (Å²) in [6, 6.07) is 7.93. The maximum atomic E-state index is 5.33. The fourth-order valence-electron chi connectivity index (χ4n) is 2.18. The Morgan fingerprint density at radius 3 is 2.30 bits per heavy atom. The van der Waals surface area contributed by atoms with Crippen LogP contribution in [0.2, 0.25) is 0 Å². The fourth-order valence-corrected chi connectivity index (χ4v) is 3.88. The molecule has 3 aromatic rings. The van der Waals surface area contributed by atoms with Crippen LogP contribution in [0.25, 0.3) is 0 Å². The monoisotopic (exact) mass is 349 g/mol. The number of aromatic nitrogens is 2. The van der Waals surface area contributed by atoms with Gasteiger partial charge in [-0.05, 0) is 24.3 Å². The molecule has 0 fully saturated rings. The Kier molecular flexibility index (Phi) is 6.34. The van der Waals surface area contributed by atoms with Crippen molar-refractivity contribution in [2.45, 2.75) is 24.6 Å². The van der Waals surface area contributed by atoms with Gasteiger partial charge in [-0.3, -0.25) is 0 Å². The molecular weight excluding hydrogens is 328 g/mol. The van der Waals surface area contributed by atoms with Gasteiger partial charge in [0.15, 0.2) is 0 Å². The molecule has 3 rings (SSSR count). The van der Waals surface area contributed by atoms with Gasteiger partial charge in [-0.25, -0.2) is 9.13 Å². The highest BCUT2D eigenvalue weighted by atomic mass is 32.2. The quantitative estimate of drug-likeness (QED) is 0.412. The summed E-state index contributed by atoms with van der Waals surface area (Å²) in [5, 5.41) is 0. The van der Waals surface area contributed by atoms with Crippen LogP contribution in [0.3, 0.4) is 0 Å². The molecule has 3 heterocycles. The fraction of sp³-hybridized carbons (Fsp3) is 0.353. The second-order valence-electron chi connectivity index (χ2n) is 5.15. The molecule has 0 saturated heterocycles. The normalized spacial score (nSPS) is 11.1. The Morgan fingerprint density at radius 2 is 1.65 bits per heavy atom. The Bertz CT molecular complexity index is 606. The maximum absolute atomic E-state index is 5.33. The van der Waals surface area contributed by atoms with Gasteiger partial charge in [-0.1, -0.05) is 0 Å². The number of rotatable bonds is 10. The SMILES string of the molecule is c1coc(CSCCn2cc[n+](CCSCc3ccco3)c2)c1. The van der Waals surface area contributed by atoms with Crippen LogP contribution in [0.5, 0.6) is 0 Å². The zero-order chi connectivity index (χ0) is 15.7. The van der Waals surface area contributed by atoms with Crippen LogP contribution in [0.1, 0.15) is 11.5 Å². The zero-order valence-corrected chi connectivity index (χ0v) is 14.6. The van der Waals surface area contributed by atoms with E-state index in [1.807, 2.05) is 47.8 Å². The van der Waals surface area contributed by atoms with Crippen molar-refractivity contribution in [2.75, 3.05) is 11.5 Å². The molecule has 0 N–H and O–H groups in total. The molecule has 3 aromatic heterocycles. The molecule has 0 atom stereocenters. The molecule has 0 aromatic carbocycles. The molecule has 0 aliphatic heterocycles. The lowest BCUT2D eigenvalue weighted by Crippen LogP contribution is -2.32. The highest BCUT2D eigenvalue weighted by Crippen LogP contribution is 2.13. The van der Waals surface area contributed by atoms with E-state index in [1.54, 1.807) is 12.5 Å². The van der Waals surface area contributed by atoms with E-state index in [2.05, 4.69) is 27.9 Å². The standard InChI is InChI=1S/C17H21N2O2S2/c1-3-16(20-9-1)13-22-11-7-18-5-6-19(15-18)8-12-23-14-17-4-2-10-21-17/h1-6,9-10,15H,7-8,11-14H2/q+1. The first-order chi connectivity index (χ1) is 11.4. The lowest BCUT2D eigenvalue weighted by Gasteiger charge is -1.98. The van der Waals surface area contributed by atoms with Gasteiger partial charge in [0, 0.05) is 11.5 Å². The van der Waals surface area contributed by atoms with Crippen LogP contribution in [0.15, 0.2) is 64.3 Å². The molecule has 6 heteroatoms. The minimum Gasteiger partial charge on any atom is -0.468 e. The maximum Gasteiger partial charge on any atom is 0.243 e. The van der Waals surface area contributed by atoms with Gasteiger partial charge < -0.3 is 8.83 Å². The Balaban J connectivity index is 1.30. The van der Waals surface area contributed by atoms with Gasteiger partial charge >= 0.3 is 0 Å². The zero-order valence-electron chi connectivity index (χ0n) is 13.0. The summed E-state index contributed by atoms with van der Waals surface area (Å²) in [5.74, 6) is 6.15. The predicted octanol–water partition coefficient (Wildman–Crippen LogP) is 3.83. The number of thioether (sulfide) groups is 2. The molecule has 0 amide bonds. The summed E-state index contributed by atoms with van der Waals surface area (Å²) >= 11 is 3.79. The van der Waals surface area contributed by atoms with Crippen molar-refractivity contribution in [1.29, 1.82) is 0 Å². The van der Waals surface area contributed by atoms with Crippen LogP contribution in [0.4, 0.5) is 0 Å². The minimum atomic E-state index is 0.942. The van der Waals surface area contributed by atoms with E-state index < -0.39 is 0 Å². The van der Waals surface area contributed by atoms with E-state index in [0.29, 0.717) is 0 Å². The van der Waals surface area contributed by atoms with Crippen LogP contribution < -0.4 is 4.57 Å². The first-order valence-corrected chi connectivity index (χ1v) is 9.96. The van der Waals surface area contributed by atoms with Gasteiger partial charge in [0.2, 0.25) is 6.33 Å². The molecular formula is C17H21N2O2S2+. The van der Waals surface area contributed by atoms with Crippen LogP contribution in [-0.4, -0.2) is 16.1 Å². The summed E-state index contributed by atoms with van der Waals surface area (Å²) in [5.41, 5.74) is 0. The van der Waals surface area contributed by atoms with E-state index in [9.17, 15) is 0 Å². The highest BCUT2D eigenvalue weighted by Gasteiger charge is 2.05. The molecule has 0 spiro atoms. The molecule has 0 aliphatic carbocycles. The van der Waals surface area contributed by atoms with Gasteiger partial charge in [0.1, 0.15) is 23.9 Å².